The minimum Gasteiger partial charge on any atom is -0.478 e. The number of aliphatic hydroxyl groups is 1. The molecule has 3 aliphatic rings. The number of rotatable bonds is 12. The van der Waals surface area contributed by atoms with Crippen LogP contribution in [0.3, 0.4) is 0 Å². The number of anilines is 1. The first-order chi connectivity index (χ1) is 20.0. The largest absolute Gasteiger partial charge is 0.478 e. The maximum Gasteiger partial charge on any atom is 0.358 e. The van der Waals surface area contributed by atoms with E-state index in [-0.39, 0.29) is 40.2 Å². The first-order valence-electron chi connectivity index (χ1n) is 14.1. The number of esters is 2. The van der Waals surface area contributed by atoms with E-state index in [1.54, 1.807) is 19.1 Å². The van der Waals surface area contributed by atoms with Crippen molar-refractivity contribution in [3.8, 4) is 0 Å². The smallest absolute Gasteiger partial charge is 0.358 e. The van der Waals surface area contributed by atoms with E-state index in [9.17, 15) is 34.2 Å². The number of carbonyl (C=O) groups excluding carboxylic acids is 4. The number of carboxylic acids is 1. The van der Waals surface area contributed by atoms with E-state index in [0.29, 0.717) is 36.4 Å². The predicted octanol–water partition coefficient (Wildman–Crippen LogP) is 2.34. The molecule has 2 saturated heterocycles. The number of nitrogens with zero attached hydrogens (tertiary/aromatic N) is 1. The van der Waals surface area contributed by atoms with Gasteiger partial charge in [-0.25, -0.2) is 9.59 Å². The number of thioether (sulfide) groups is 1. The molecule has 2 fully saturated rings. The van der Waals surface area contributed by atoms with Crippen LogP contribution in [-0.2, 0) is 28.7 Å². The van der Waals surface area contributed by atoms with Crippen molar-refractivity contribution in [1.29, 1.82) is 0 Å². The fraction of sp³-hybridized carbons (Fsp3) is 0.552. The average Bonchev–Trinajstić information content (AvgIpc) is 3.51. The Hall–Kier alpha value is -3.42. The van der Waals surface area contributed by atoms with Crippen molar-refractivity contribution in [2.75, 3.05) is 18.7 Å². The number of aromatic carboxylic acids is 1. The predicted molar refractivity (Wildman–Crippen MR) is 153 cm³/mol. The van der Waals surface area contributed by atoms with Gasteiger partial charge >= 0.3 is 17.9 Å². The van der Waals surface area contributed by atoms with Crippen LogP contribution in [0.15, 0.2) is 34.9 Å². The van der Waals surface area contributed by atoms with E-state index in [4.69, 9.17) is 9.47 Å². The quantitative estimate of drug-likeness (QED) is 0.157. The summed E-state index contributed by atoms with van der Waals surface area (Å²) < 4.78 is 10.4. The number of aliphatic hydroxyl groups excluding tert-OH is 1. The summed E-state index contributed by atoms with van der Waals surface area (Å²) in [7, 11) is 0. The highest BCUT2D eigenvalue weighted by atomic mass is 32.2. The first-order valence-corrected chi connectivity index (χ1v) is 15.0. The SMILES string of the molecule is CCC(CC)C(=O)OCOC(=O)C1=C(S[C@@H]2CN[C@H](C(=O)Nc3cccc(C(=O)O)c3)C2)[C@H](C)[C@@H]2[C@@H]([C@@H](C)O)C(=O)N12. The van der Waals surface area contributed by atoms with Gasteiger partial charge in [0.1, 0.15) is 5.70 Å². The van der Waals surface area contributed by atoms with Crippen molar-refractivity contribution in [2.24, 2.45) is 17.8 Å². The number of carbonyl (C=O) groups is 5. The molecular formula is C29H37N3O9S. The molecule has 13 heteroatoms. The van der Waals surface area contributed by atoms with Crippen LogP contribution < -0.4 is 10.6 Å². The highest BCUT2D eigenvalue weighted by Gasteiger charge is 2.60. The normalized spacial score (nSPS) is 25.6. The summed E-state index contributed by atoms with van der Waals surface area (Å²) >= 11 is 1.38. The number of benzene rings is 1. The molecular weight excluding hydrogens is 566 g/mol. The Labute approximate surface area is 248 Å². The molecule has 0 spiro atoms. The summed E-state index contributed by atoms with van der Waals surface area (Å²) in [6.45, 7) is 7.04. The summed E-state index contributed by atoms with van der Waals surface area (Å²) in [6, 6.07) is 5.00. The van der Waals surface area contributed by atoms with Gasteiger partial charge in [0, 0.05) is 28.3 Å². The minimum atomic E-state index is -1.10. The molecule has 0 saturated carbocycles. The Kier molecular flexibility index (Phi) is 9.95. The second-order valence-corrected chi connectivity index (χ2v) is 12.1. The Balaban J connectivity index is 1.45. The van der Waals surface area contributed by atoms with Gasteiger partial charge in [0.2, 0.25) is 18.6 Å². The number of carboxylic acid groups (broad SMARTS) is 1. The Morgan fingerprint density at radius 1 is 1.19 bits per heavy atom. The van der Waals surface area contributed by atoms with E-state index in [1.807, 2.05) is 20.8 Å². The second kappa shape index (κ2) is 13.3. The van der Waals surface area contributed by atoms with Crippen molar-refractivity contribution in [3.63, 3.8) is 0 Å². The number of ether oxygens (including phenoxy) is 2. The topological polar surface area (TPSA) is 172 Å². The molecule has 0 unspecified atom stereocenters. The Bertz CT molecular complexity index is 1280. The molecule has 3 heterocycles. The molecule has 0 aliphatic carbocycles. The second-order valence-electron chi connectivity index (χ2n) is 10.8. The van der Waals surface area contributed by atoms with Gasteiger partial charge in [0.05, 0.1) is 35.6 Å². The third kappa shape index (κ3) is 6.32. The van der Waals surface area contributed by atoms with Gasteiger partial charge in [-0.3, -0.25) is 14.4 Å². The monoisotopic (exact) mass is 603 g/mol. The molecule has 42 heavy (non-hydrogen) atoms. The van der Waals surface area contributed by atoms with Crippen LogP contribution in [-0.4, -0.2) is 81.6 Å². The van der Waals surface area contributed by atoms with Crippen LogP contribution in [0.1, 0.15) is 57.3 Å². The summed E-state index contributed by atoms with van der Waals surface area (Å²) in [5.41, 5.74) is 0.505. The van der Waals surface area contributed by atoms with E-state index in [0.717, 1.165) is 0 Å². The summed E-state index contributed by atoms with van der Waals surface area (Å²) in [4.78, 5) is 64.6. The molecule has 6 atom stereocenters. The van der Waals surface area contributed by atoms with Gasteiger partial charge in [0.15, 0.2) is 0 Å². The molecule has 4 N–H and O–H groups in total. The van der Waals surface area contributed by atoms with Crippen LogP contribution in [0.25, 0.3) is 0 Å². The van der Waals surface area contributed by atoms with Crippen molar-refractivity contribution < 1.29 is 43.7 Å². The van der Waals surface area contributed by atoms with Crippen molar-refractivity contribution >= 4 is 47.2 Å². The number of hydrogen-bond acceptors (Lipinski definition) is 10. The first kappa shape index (κ1) is 31.5. The molecule has 0 bridgehead atoms. The maximum atomic E-state index is 13.3. The van der Waals surface area contributed by atoms with Crippen LogP contribution in [0.4, 0.5) is 5.69 Å². The molecule has 0 radical (unpaired) electrons. The average molecular weight is 604 g/mol. The molecule has 1 aromatic rings. The fourth-order valence-corrected chi connectivity index (χ4v) is 7.22. The lowest BCUT2D eigenvalue weighted by atomic mass is 9.79. The lowest BCUT2D eigenvalue weighted by Crippen LogP contribution is -2.63. The zero-order valence-corrected chi connectivity index (χ0v) is 24.8. The number of fused-ring (bicyclic) bond motifs is 1. The number of nitrogens with one attached hydrogen (secondary N) is 2. The number of β-lactam (4-membered cyclic amide) rings is 1. The molecule has 3 aliphatic heterocycles. The highest BCUT2D eigenvalue weighted by molar-refractivity contribution is 8.03. The standard InChI is InChI=1S/C29H37N3O9S/c1-5-16(6-2)28(38)40-13-41-29(39)23-24(14(3)22-21(15(4)33)26(35)32(22)23)42-19-11-20(30-12-19)25(34)31-18-9-7-8-17(10-18)27(36)37/h7-10,14-16,19-22,30,33H,5-6,11-13H2,1-4H3,(H,31,34)(H,36,37)/t14-,15-,19+,20+,21-,22-/m1/s1. The van der Waals surface area contributed by atoms with E-state index < -0.39 is 48.8 Å². The summed E-state index contributed by atoms with van der Waals surface area (Å²) in [6.07, 6.45) is 0.713. The number of amides is 2. The molecule has 228 valence electrons. The molecule has 0 aromatic heterocycles. The Morgan fingerprint density at radius 2 is 1.90 bits per heavy atom. The van der Waals surface area contributed by atoms with Crippen molar-refractivity contribution in [1.82, 2.24) is 10.2 Å². The summed E-state index contributed by atoms with van der Waals surface area (Å²) in [5, 5.41) is 25.2. The van der Waals surface area contributed by atoms with Crippen LogP contribution >= 0.6 is 11.8 Å². The zero-order chi connectivity index (χ0) is 30.7. The molecule has 1 aromatic carbocycles. The summed E-state index contributed by atoms with van der Waals surface area (Å²) in [5.74, 6) is -4.26. The molecule has 2 amide bonds. The number of hydrogen-bond donors (Lipinski definition) is 4. The van der Waals surface area contributed by atoms with Gasteiger partial charge in [-0.05, 0) is 44.4 Å². The molecule has 12 nitrogen and oxygen atoms in total. The van der Waals surface area contributed by atoms with Crippen molar-refractivity contribution in [3.05, 3.63) is 40.4 Å². The highest BCUT2D eigenvalue weighted by Crippen LogP contribution is 2.52. The van der Waals surface area contributed by atoms with Crippen molar-refractivity contribution in [2.45, 2.75) is 70.4 Å². The zero-order valence-electron chi connectivity index (χ0n) is 24.0. The van der Waals surface area contributed by atoms with Crippen LogP contribution in [0, 0.1) is 17.8 Å². The van der Waals surface area contributed by atoms with E-state index in [2.05, 4.69) is 10.6 Å². The van der Waals surface area contributed by atoms with E-state index >= 15 is 0 Å². The van der Waals surface area contributed by atoms with Gasteiger partial charge in [-0.1, -0.05) is 26.8 Å². The third-order valence-electron chi connectivity index (χ3n) is 8.09. The van der Waals surface area contributed by atoms with Gasteiger partial charge < -0.3 is 35.2 Å². The third-order valence-corrected chi connectivity index (χ3v) is 9.60. The van der Waals surface area contributed by atoms with Crippen LogP contribution in [0.2, 0.25) is 0 Å². The lowest BCUT2D eigenvalue weighted by molar-refractivity contribution is -0.173. The van der Waals surface area contributed by atoms with Gasteiger partial charge in [-0.2, -0.15) is 0 Å². The fourth-order valence-electron chi connectivity index (χ4n) is 5.75. The Morgan fingerprint density at radius 3 is 2.55 bits per heavy atom. The van der Waals surface area contributed by atoms with Gasteiger partial charge in [-0.15, -0.1) is 11.8 Å². The lowest BCUT2D eigenvalue weighted by Gasteiger charge is -2.46. The van der Waals surface area contributed by atoms with Crippen LogP contribution in [0.5, 0.6) is 0 Å². The van der Waals surface area contributed by atoms with Gasteiger partial charge in [0.25, 0.3) is 0 Å². The van der Waals surface area contributed by atoms with E-state index in [1.165, 1.54) is 28.8 Å². The molecule has 4 rings (SSSR count). The maximum absolute atomic E-state index is 13.3. The minimum absolute atomic E-state index is 0.0576.